The second-order valence-corrected chi connectivity index (χ2v) is 20.8. The molecular weight excluding hydrogens is 677 g/mol. The number of rotatable bonds is 12. The smallest absolute Gasteiger partial charge is 0.410 e. The van der Waals surface area contributed by atoms with Crippen molar-refractivity contribution >= 4 is 42.8 Å². The van der Waals surface area contributed by atoms with Crippen LogP contribution in [-0.2, 0) is 32.0 Å². The van der Waals surface area contributed by atoms with Crippen molar-refractivity contribution in [3.63, 3.8) is 0 Å². The van der Waals surface area contributed by atoms with Crippen molar-refractivity contribution in [2.75, 3.05) is 6.54 Å². The zero-order valence-electron chi connectivity index (χ0n) is 31.7. The van der Waals surface area contributed by atoms with E-state index in [0.29, 0.717) is 0 Å². The second-order valence-electron chi connectivity index (χ2n) is 16.1. The molecule has 1 aliphatic rings. The number of likely N-dealkylation sites (tertiary alicyclic amines) is 1. The first-order valence-corrected chi connectivity index (χ1v) is 20.6. The van der Waals surface area contributed by atoms with Crippen molar-refractivity contribution in [2.45, 2.75) is 116 Å². The van der Waals surface area contributed by atoms with E-state index in [9.17, 15) is 19.2 Å². The monoisotopic (exact) mass is 728 g/mol. The van der Waals surface area contributed by atoms with Gasteiger partial charge in [0, 0.05) is 17.9 Å². The van der Waals surface area contributed by atoms with E-state index >= 15 is 0 Å². The minimum atomic E-state index is -2.04. The van der Waals surface area contributed by atoms with Gasteiger partial charge in [0.05, 0.1) is 12.1 Å². The Bertz CT molecular complexity index is 1830. The number of ether oxygens (including phenoxy) is 1. The fourth-order valence-electron chi connectivity index (χ4n) is 5.77. The third-order valence-corrected chi connectivity index (χ3v) is 14.0. The summed E-state index contributed by atoms with van der Waals surface area (Å²) in [4.78, 5) is 58.2. The third kappa shape index (κ3) is 10.6. The van der Waals surface area contributed by atoms with Crippen LogP contribution in [0.1, 0.15) is 66.0 Å². The predicted octanol–water partition coefficient (Wildman–Crippen LogP) is 7.26. The number of nitrogens with one attached hydrogen (secondary N) is 2. The van der Waals surface area contributed by atoms with Crippen LogP contribution in [0.4, 0.5) is 4.79 Å². The summed E-state index contributed by atoms with van der Waals surface area (Å²) in [5.41, 5.74) is 9.88. The quantitative estimate of drug-likeness (QED) is 0.0864. The number of benzene rings is 3. The van der Waals surface area contributed by atoms with Crippen molar-refractivity contribution in [3.05, 3.63) is 88.3 Å². The second kappa shape index (κ2) is 16.2. The van der Waals surface area contributed by atoms with Crippen LogP contribution in [0.25, 0.3) is 21.2 Å². The minimum Gasteiger partial charge on any atom is -0.544 e. The van der Waals surface area contributed by atoms with E-state index in [1.165, 1.54) is 11.8 Å². The van der Waals surface area contributed by atoms with Gasteiger partial charge in [-0.3, -0.25) is 19.3 Å². The van der Waals surface area contributed by atoms with Crippen LogP contribution in [0.15, 0.2) is 71.8 Å². The van der Waals surface area contributed by atoms with Crippen LogP contribution in [0.5, 0.6) is 5.75 Å². The van der Waals surface area contributed by atoms with Gasteiger partial charge in [-0.2, -0.15) is 0 Å². The first-order valence-electron chi connectivity index (χ1n) is 17.7. The molecule has 0 aromatic heterocycles. The highest BCUT2D eigenvalue weighted by atomic mass is 28.4. The van der Waals surface area contributed by atoms with Gasteiger partial charge in [0.15, 0.2) is 5.78 Å². The highest BCUT2D eigenvalue weighted by Gasteiger charge is 2.42. The summed E-state index contributed by atoms with van der Waals surface area (Å²) < 4.78 is 12.0. The normalized spacial score (nSPS) is 17.4. The Morgan fingerprint density at radius 1 is 0.904 bits per heavy atom. The van der Waals surface area contributed by atoms with E-state index < -0.39 is 56.0 Å². The molecule has 0 unspecified atom stereocenters. The number of Topliss-reactive ketones (excluding diaryl/α,β-unsaturated/α-hetero) is 1. The van der Waals surface area contributed by atoms with Gasteiger partial charge in [-0.15, -0.1) is 0 Å². The topological polar surface area (TPSA) is 163 Å². The van der Waals surface area contributed by atoms with Gasteiger partial charge in [-0.1, -0.05) is 80.5 Å². The number of fused-ring (bicyclic) bond motifs is 1. The Kier molecular flexibility index (Phi) is 12.4. The highest BCUT2D eigenvalue weighted by Crippen LogP contribution is 2.37. The van der Waals surface area contributed by atoms with Crippen molar-refractivity contribution in [3.8, 4) is 5.75 Å². The maximum absolute atomic E-state index is 14.1. The number of hydrogen-bond donors (Lipinski definition) is 2. The summed E-state index contributed by atoms with van der Waals surface area (Å²) in [6.45, 7) is 17.4. The maximum Gasteiger partial charge on any atom is 0.410 e. The highest BCUT2D eigenvalue weighted by molar-refractivity contribution is 6.74. The Hall–Kier alpha value is -4.87. The van der Waals surface area contributed by atoms with Crippen LogP contribution < -0.4 is 15.1 Å². The Labute approximate surface area is 307 Å². The number of azide groups is 1. The first-order chi connectivity index (χ1) is 24.3. The van der Waals surface area contributed by atoms with Crippen LogP contribution in [0, 0.1) is 0 Å². The van der Waals surface area contributed by atoms with Crippen LogP contribution >= 0.6 is 0 Å². The summed E-state index contributed by atoms with van der Waals surface area (Å²) in [6.07, 6.45) is -0.312. The molecule has 13 heteroatoms. The molecule has 4 rings (SSSR count). The van der Waals surface area contributed by atoms with E-state index in [0.717, 1.165) is 27.6 Å². The number of carbonyl (C=O) groups is 4. The molecule has 12 nitrogen and oxygen atoms in total. The zero-order chi connectivity index (χ0) is 38.4. The van der Waals surface area contributed by atoms with Gasteiger partial charge < -0.3 is 19.8 Å². The first kappa shape index (κ1) is 39.9. The summed E-state index contributed by atoms with van der Waals surface area (Å²) in [7, 11) is -2.04. The molecule has 0 spiro atoms. The molecule has 2 N–H and O–H groups in total. The third-order valence-electron chi connectivity index (χ3n) is 9.66. The molecule has 1 aliphatic heterocycles. The molecule has 0 bridgehead atoms. The van der Waals surface area contributed by atoms with Crippen molar-refractivity contribution in [1.29, 1.82) is 0 Å². The van der Waals surface area contributed by atoms with Gasteiger partial charge in [-0.25, -0.2) is 4.79 Å². The molecule has 278 valence electrons. The van der Waals surface area contributed by atoms with Crippen LogP contribution in [0.2, 0.25) is 18.1 Å². The van der Waals surface area contributed by atoms with E-state index in [1.54, 1.807) is 20.8 Å². The standard InChI is InChI=1S/C39H52N6O6Si/c1-25(46)32(21-26-15-18-31(19-16-26)51-52(8,9)39(5,6)7)41-35(47)33(22-27-14-17-28-12-10-11-13-29(28)20-27)42-36(48)34-23-30(43-44-40)24-45(34)37(49)50-38(2,3)4/h10-20,30,32-34H,21-24H2,1-9H3,(H,41,47)(H,42,48)/t30-,32-,33-,34-/m0/s1. The van der Waals surface area contributed by atoms with E-state index in [4.69, 9.17) is 14.7 Å². The molecule has 0 saturated carbocycles. The van der Waals surface area contributed by atoms with Gasteiger partial charge in [-0.05, 0) is 98.2 Å². The maximum atomic E-state index is 14.1. The fraction of sp³-hybridized carbons (Fsp3) is 0.487. The number of ketones is 1. The lowest BCUT2D eigenvalue weighted by molar-refractivity contribution is -0.132. The molecule has 0 radical (unpaired) electrons. The number of amides is 3. The van der Waals surface area contributed by atoms with Crippen molar-refractivity contribution < 1.29 is 28.3 Å². The van der Waals surface area contributed by atoms with Gasteiger partial charge in [0.1, 0.15) is 23.4 Å². The lowest BCUT2D eigenvalue weighted by Gasteiger charge is -2.36. The molecule has 3 aromatic rings. The predicted molar refractivity (Wildman–Crippen MR) is 204 cm³/mol. The van der Waals surface area contributed by atoms with Gasteiger partial charge in [0.2, 0.25) is 20.1 Å². The van der Waals surface area contributed by atoms with Gasteiger partial charge >= 0.3 is 6.09 Å². The molecule has 1 saturated heterocycles. The molecule has 4 atom stereocenters. The fourth-order valence-corrected chi connectivity index (χ4v) is 6.80. The summed E-state index contributed by atoms with van der Waals surface area (Å²) in [5.74, 6) is -0.631. The summed E-state index contributed by atoms with van der Waals surface area (Å²) in [5, 5.41) is 11.5. The number of carbonyl (C=O) groups excluding carboxylic acids is 4. The molecule has 52 heavy (non-hydrogen) atoms. The molecule has 1 fully saturated rings. The average Bonchev–Trinajstić information content (AvgIpc) is 3.48. The van der Waals surface area contributed by atoms with Crippen molar-refractivity contribution in [2.24, 2.45) is 5.11 Å². The number of hydrogen-bond acceptors (Lipinski definition) is 7. The zero-order valence-corrected chi connectivity index (χ0v) is 32.7. The molecule has 0 aliphatic carbocycles. The van der Waals surface area contributed by atoms with Crippen molar-refractivity contribution in [1.82, 2.24) is 15.5 Å². The average molecular weight is 729 g/mol. The molecule has 3 aromatic carbocycles. The number of nitrogens with zero attached hydrogens (tertiary/aromatic N) is 4. The summed E-state index contributed by atoms with van der Waals surface area (Å²) >= 11 is 0. The van der Waals surface area contributed by atoms with Gasteiger partial charge in [0.25, 0.3) is 0 Å². The summed E-state index contributed by atoms with van der Waals surface area (Å²) in [6, 6.07) is 17.5. The Balaban J connectivity index is 1.57. The van der Waals surface area contributed by atoms with Crippen LogP contribution in [-0.4, -0.2) is 73.2 Å². The SMILES string of the molecule is CC(=O)[C@H](Cc1ccc(O[Si](C)(C)C(C)(C)C)cc1)NC(=O)[C@H](Cc1ccc2ccccc2c1)NC(=O)[C@@H]1C[C@H](N=[N+]=[N-])CN1C(=O)OC(C)(C)C. The van der Waals surface area contributed by atoms with E-state index in [-0.39, 0.29) is 36.6 Å². The lowest BCUT2D eigenvalue weighted by atomic mass is 9.99. The largest absolute Gasteiger partial charge is 0.544 e. The minimum absolute atomic E-state index is 0.00920. The molecule has 3 amide bonds. The molecule has 1 heterocycles. The Morgan fingerprint density at radius 3 is 2.12 bits per heavy atom. The molecular formula is C39H52N6O6Si. The van der Waals surface area contributed by atoms with Crippen LogP contribution in [0.3, 0.4) is 0 Å². The van der Waals surface area contributed by atoms with E-state index in [1.807, 2.05) is 66.7 Å². The Morgan fingerprint density at radius 2 is 1.52 bits per heavy atom. The lowest BCUT2D eigenvalue weighted by Crippen LogP contribution is -2.56. The van der Waals surface area contributed by atoms with E-state index in [2.05, 4.69) is 54.5 Å².